The van der Waals surface area contributed by atoms with Gasteiger partial charge in [-0.3, -0.25) is 0 Å². The number of aromatic nitrogens is 2. The molecular formula is C19H20N4O. The fourth-order valence-corrected chi connectivity index (χ4v) is 2.31. The third-order valence-corrected chi connectivity index (χ3v) is 3.68. The molecule has 0 unspecified atom stereocenters. The Balaban J connectivity index is 1.48. The van der Waals surface area contributed by atoms with Crippen LogP contribution in [0.5, 0.6) is 0 Å². The number of hydrogen-bond donors (Lipinski definition) is 2. The SMILES string of the molecule is Cc1ccc(CNC(=O)NCc2cnn(-c3ccccc3)c2)cc1. The first kappa shape index (κ1) is 15.8. The van der Waals surface area contributed by atoms with E-state index < -0.39 is 0 Å². The number of carbonyl (C=O) groups excluding carboxylic acids is 1. The van der Waals surface area contributed by atoms with E-state index >= 15 is 0 Å². The quantitative estimate of drug-likeness (QED) is 0.758. The second-order valence-electron chi connectivity index (χ2n) is 5.65. The number of urea groups is 1. The molecule has 0 bridgehead atoms. The molecule has 2 aromatic carbocycles. The van der Waals surface area contributed by atoms with Crippen LogP contribution in [0.3, 0.4) is 0 Å². The molecule has 0 saturated carbocycles. The Morgan fingerprint density at radius 3 is 2.33 bits per heavy atom. The fraction of sp³-hybridized carbons (Fsp3) is 0.158. The summed E-state index contributed by atoms with van der Waals surface area (Å²) in [7, 11) is 0. The maximum Gasteiger partial charge on any atom is 0.315 e. The van der Waals surface area contributed by atoms with Crippen LogP contribution in [-0.2, 0) is 13.1 Å². The van der Waals surface area contributed by atoms with Crippen LogP contribution in [0, 0.1) is 6.92 Å². The van der Waals surface area contributed by atoms with E-state index in [-0.39, 0.29) is 6.03 Å². The van der Waals surface area contributed by atoms with Gasteiger partial charge in [0.15, 0.2) is 0 Å². The van der Waals surface area contributed by atoms with Gasteiger partial charge in [-0.05, 0) is 24.6 Å². The number of carbonyl (C=O) groups is 1. The molecule has 5 nitrogen and oxygen atoms in total. The lowest BCUT2D eigenvalue weighted by Crippen LogP contribution is -2.34. The summed E-state index contributed by atoms with van der Waals surface area (Å²) in [5.74, 6) is 0. The van der Waals surface area contributed by atoms with Crippen molar-refractivity contribution in [1.29, 1.82) is 0 Å². The zero-order valence-electron chi connectivity index (χ0n) is 13.6. The lowest BCUT2D eigenvalue weighted by atomic mass is 10.1. The van der Waals surface area contributed by atoms with Gasteiger partial charge in [0.2, 0.25) is 0 Å². The van der Waals surface area contributed by atoms with E-state index in [1.54, 1.807) is 10.9 Å². The number of rotatable bonds is 5. The number of nitrogens with one attached hydrogen (secondary N) is 2. The van der Waals surface area contributed by atoms with E-state index in [1.165, 1.54) is 5.56 Å². The molecule has 2 amide bonds. The minimum absolute atomic E-state index is 0.192. The molecule has 0 atom stereocenters. The highest BCUT2D eigenvalue weighted by Crippen LogP contribution is 2.07. The largest absolute Gasteiger partial charge is 0.334 e. The molecule has 122 valence electrons. The van der Waals surface area contributed by atoms with Crippen molar-refractivity contribution in [2.45, 2.75) is 20.0 Å². The van der Waals surface area contributed by atoms with E-state index in [1.807, 2.05) is 67.7 Å². The number of nitrogens with zero attached hydrogens (tertiary/aromatic N) is 2. The van der Waals surface area contributed by atoms with Gasteiger partial charge in [0, 0.05) is 24.8 Å². The van der Waals surface area contributed by atoms with Gasteiger partial charge in [0.1, 0.15) is 0 Å². The summed E-state index contributed by atoms with van der Waals surface area (Å²) in [6, 6.07) is 17.8. The summed E-state index contributed by atoms with van der Waals surface area (Å²) in [6.45, 7) is 2.99. The summed E-state index contributed by atoms with van der Waals surface area (Å²) >= 11 is 0. The first-order valence-electron chi connectivity index (χ1n) is 7.87. The van der Waals surface area contributed by atoms with Crippen LogP contribution in [0.1, 0.15) is 16.7 Å². The van der Waals surface area contributed by atoms with E-state index in [4.69, 9.17) is 0 Å². The molecule has 0 aliphatic rings. The molecule has 24 heavy (non-hydrogen) atoms. The number of amides is 2. The predicted octanol–water partition coefficient (Wildman–Crippen LogP) is 3.18. The number of benzene rings is 2. The van der Waals surface area contributed by atoms with E-state index in [2.05, 4.69) is 15.7 Å². The smallest absolute Gasteiger partial charge is 0.315 e. The maximum atomic E-state index is 11.9. The minimum atomic E-state index is -0.192. The Hall–Kier alpha value is -3.08. The van der Waals surface area contributed by atoms with Gasteiger partial charge in [0.25, 0.3) is 0 Å². The summed E-state index contributed by atoms with van der Waals surface area (Å²) < 4.78 is 1.79. The van der Waals surface area contributed by atoms with E-state index in [9.17, 15) is 4.79 Å². The summed E-state index contributed by atoms with van der Waals surface area (Å²) in [5, 5.41) is 10.0. The molecular weight excluding hydrogens is 300 g/mol. The highest BCUT2D eigenvalue weighted by Gasteiger charge is 2.04. The molecule has 1 heterocycles. The number of hydrogen-bond acceptors (Lipinski definition) is 2. The van der Waals surface area contributed by atoms with Gasteiger partial charge in [0.05, 0.1) is 11.9 Å². The third-order valence-electron chi connectivity index (χ3n) is 3.68. The lowest BCUT2D eigenvalue weighted by molar-refractivity contribution is 0.240. The van der Waals surface area contributed by atoms with Crippen molar-refractivity contribution >= 4 is 6.03 Å². The van der Waals surface area contributed by atoms with Crippen LogP contribution in [0.2, 0.25) is 0 Å². The molecule has 3 aromatic rings. The Labute approximate surface area is 141 Å². The van der Waals surface area contributed by atoms with Crippen LogP contribution in [0.4, 0.5) is 4.79 Å². The number of para-hydroxylation sites is 1. The first-order valence-corrected chi connectivity index (χ1v) is 7.87. The van der Waals surface area contributed by atoms with Gasteiger partial charge in [-0.1, -0.05) is 48.0 Å². The summed E-state index contributed by atoms with van der Waals surface area (Å²) in [6.07, 6.45) is 3.67. The highest BCUT2D eigenvalue weighted by atomic mass is 16.2. The number of aryl methyl sites for hydroxylation is 1. The van der Waals surface area contributed by atoms with Gasteiger partial charge in [-0.15, -0.1) is 0 Å². The highest BCUT2D eigenvalue weighted by molar-refractivity contribution is 5.73. The lowest BCUT2D eigenvalue weighted by Gasteiger charge is -2.07. The molecule has 5 heteroatoms. The first-order chi connectivity index (χ1) is 11.7. The van der Waals surface area contributed by atoms with Crippen molar-refractivity contribution in [1.82, 2.24) is 20.4 Å². The Kier molecular flexibility index (Phi) is 4.91. The normalized spacial score (nSPS) is 10.4. The Morgan fingerprint density at radius 1 is 0.958 bits per heavy atom. The van der Waals surface area contributed by atoms with Crippen LogP contribution in [0.15, 0.2) is 67.0 Å². The van der Waals surface area contributed by atoms with Crippen molar-refractivity contribution in [2.24, 2.45) is 0 Å². The Morgan fingerprint density at radius 2 is 1.62 bits per heavy atom. The minimum Gasteiger partial charge on any atom is -0.334 e. The molecule has 0 aliphatic carbocycles. The Bertz CT molecular complexity index is 794. The topological polar surface area (TPSA) is 59.0 Å². The molecule has 0 fully saturated rings. The zero-order valence-corrected chi connectivity index (χ0v) is 13.6. The van der Waals surface area contributed by atoms with Gasteiger partial charge < -0.3 is 10.6 Å². The molecule has 0 radical (unpaired) electrons. The third kappa shape index (κ3) is 4.23. The summed E-state index contributed by atoms with van der Waals surface area (Å²) in [5.41, 5.74) is 4.23. The molecule has 3 rings (SSSR count). The molecule has 0 spiro atoms. The monoisotopic (exact) mass is 320 g/mol. The fourth-order valence-electron chi connectivity index (χ4n) is 2.31. The van der Waals surface area contributed by atoms with E-state index in [0.717, 1.165) is 16.8 Å². The van der Waals surface area contributed by atoms with Crippen LogP contribution in [0.25, 0.3) is 5.69 Å². The van der Waals surface area contributed by atoms with Crippen molar-refractivity contribution in [3.63, 3.8) is 0 Å². The van der Waals surface area contributed by atoms with Crippen molar-refractivity contribution in [2.75, 3.05) is 0 Å². The van der Waals surface area contributed by atoms with Crippen LogP contribution in [-0.4, -0.2) is 15.8 Å². The zero-order chi connectivity index (χ0) is 16.8. The second kappa shape index (κ2) is 7.46. The van der Waals surface area contributed by atoms with Gasteiger partial charge in [-0.25, -0.2) is 9.48 Å². The molecule has 0 aliphatic heterocycles. The van der Waals surface area contributed by atoms with Gasteiger partial charge in [-0.2, -0.15) is 5.10 Å². The average Bonchev–Trinajstić information content (AvgIpc) is 3.09. The van der Waals surface area contributed by atoms with Crippen molar-refractivity contribution in [3.05, 3.63) is 83.7 Å². The summed E-state index contributed by atoms with van der Waals surface area (Å²) in [4.78, 5) is 11.9. The predicted molar refractivity (Wildman–Crippen MR) is 93.8 cm³/mol. The maximum absolute atomic E-state index is 11.9. The molecule has 1 aromatic heterocycles. The average molecular weight is 320 g/mol. The van der Waals surface area contributed by atoms with Crippen LogP contribution >= 0.6 is 0 Å². The van der Waals surface area contributed by atoms with Crippen LogP contribution < -0.4 is 10.6 Å². The standard InChI is InChI=1S/C19H20N4O/c1-15-7-9-16(10-8-15)11-20-19(24)21-12-17-13-22-23(14-17)18-5-3-2-4-6-18/h2-10,13-14H,11-12H2,1H3,(H2,20,21,24). The molecule has 0 saturated heterocycles. The van der Waals surface area contributed by atoms with E-state index in [0.29, 0.717) is 13.1 Å². The van der Waals surface area contributed by atoms with Crippen molar-refractivity contribution in [3.8, 4) is 5.69 Å². The van der Waals surface area contributed by atoms with Crippen molar-refractivity contribution < 1.29 is 4.79 Å². The second-order valence-corrected chi connectivity index (χ2v) is 5.65. The van der Waals surface area contributed by atoms with Gasteiger partial charge >= 0.3 is 6.03 Å². The molecule has 2 N–H and O–H groups in total.